The number of carbonyl (C=O) groups excluding carboxylic acids is 1. The van der Waals surface area contributed by atoms with Crippen LogP contribution in [-0.2, 0) is 4.79 Å². The first-order valence-electron chi connectivity index (χ1n) is 5.03. The number of nitrogens with zero attached hydrogens (tertiary/aromatic N) is 1. The summed E-state index contributed by atoms with van der Waals surface area (Å²) in [6.45, 7) is 2.63. The van der Waals surface area contributed by atoms with E-state index >= 15 is 0 Å². The van der Waals surface area contributed by atoms with Crippen LogP contribution >= 0.6 is 0 Å². The lowest BCUT2D eigenvalue weighted by Crippen LogP contribution is -2.37. The van der Waals surface area contributed by atoms with E-state index in [4.69, 9.17) is 0 Å². The number of likely N-dealkylation sites (N-methyl/N-ethyl adjacent to an activating group) is 1. The van der Waals surface area contributed by atoms with Gasteiger partial charge in [0, 0.05) is 20.1 Å². The van der Waals surface area contributed by atoms with Gasteiger partial charge in [0.15, 0.2) is 0 Å². The molecular formula is C10H20N2O. The van der Waals surface area contributed by atoms with Crippen LogP contribution in [0, 0.1) is 5.92 Å². The number of rotatable bonds is 5. The zero-order chi connectivity index (χ0) is 9.84. The molecule has 1 amide bonds. The van der Waals surface area contributed by atoms with Crippen molar-refractivity contribution in [3.05, 3.63) is 0 Å². The van der Waals surface area contributed by atoms with Gasteiger partial charge in [0.1, 0.15) is 0 Å². The summed E-state index contributed by atoms with van der Waals surface area (Å²) in [5.74, 6) is 1.08. The van der Waals surface area contributed by atoms with Gasteiger partial charge >= 0.3 is 0 Å². The van der Waals surface area contributed by atoms with Gasteiger partial charge in [0.25, 0.3) is 0 Å². The van der Waals surface area contributed by atoms with E-state index in [9.17, 15) is 4.79 Å². The van der Waals surface area contributed by atoms with Crippen LogP contribution in [0.5, 0.6) is 0 Å². The zero-order valence-corrected chi connectivity index (χ0v) is 8.84. The molecule has 1 saturated carbocycles. The van der Waals surface area contributed by atoms with Crippen LogP contribution in [0.25, 0.3) is 0 Å². The second-order valence-corrected chi connectivity index (χ2v) is 4.25. The molecule has 0 aromatic carbocycles. The number of hydrogen-bond acceptors (Lipinski definition) is 2. The molecule has 0 radical (unpaired) electrons. The second kappa shape index (κ2) is 4.61. The Morgan fingerprint density at radius 1 is 1.54 bits per heavy atom. The monoisotopic (exact) mass is 184 g/mol. The summed E-state index contributed by atoms with van der Waals surface area (Å²) >= 11 is 0. The molecule has 1 rings (SSSR count). The predicted octanol–water partition coefficient (Wildman–Crippen LogP) is 0.853. The van der Waals surface area contributed by atoms with Crippen molar-refractivity contribution in [3.63, 3.8) is 0 Å². The summed E-state index contributed by atoms with van der Waals surface area (Å²) in [4.78, 5) is 12.8. The van der Waals surface area contributed by atoms with Crippen molar-refractivity contribution in [2.75, 3.05) is 20.6 Å². The van der Waals surface area contributed by atoms with Crippen molar-refractivity contribution in [3.8, 4) is 0 Å². The standard InChI is InChI=1S/C10H20N2O/c1-8(6-9-4-5-9)11-7-10(13)12(2)3/h8-9,11H,4-7H2,1-3H3. The molecule has 0 aromatic rings. The Hall–Kier alpha value is -0.570. The molecule has 3 heteroatoms. The Bertz CT molecular complexity index is 176. The molecule has 76 valence electrons. The molecular weight excluding hydrogens is 164 g/mol. The lowest BCUT2D eigenvalue weighted by atomic mass is 10.1. The average molecular weight is 184 g/mol. The lowest BCUT2D eigenvalue weighted by Gasteiger charge is -2.15. The number of carbonyl (C=O) groups is 1. The highest BCUT2D eigenvalue weighted by molar-refractivity contribution is 5.77. The van der Waals surface area contributed by atoms with Gasteiger partial charge in [-0.15, -0.1) is 0 Å². The first-order chi connectivity index (χ1) is 6.09. The van der Waals surface area contributed by atoms with E-state index in [0.29, 0.717) is 12.6 Å². The van der Waals surface area contributed by atoms with E-state index < -0.39 is 0 Å². The highest BCUT2D eigenvalue weighted by Gasteiger charge is 2.23. The molecule has 13 heavy (non-hydrogen) atoms. The number of nitrogens with one attached hydrogen (secondary N) is 1. The van der Waals surface area contributed by atoms with Crippen molar-refractivity contribution in [2.24, 2.45) is 5.92 Å². The van der Waals surface area contributed by atoms with Crippen molar-refractivity contribution in [1.29, 1.82) is 0 Å². The highest BCUT2D eigenvalue weighted by Crippen LogP contribution is 2.33. The summed E-state index contributed by atoms with van der Waals surface area (Å²) < 4.78 is 0. The first kappa shape index (κ1) is 10.5. The summed E-state index contributed by atoms with van der Waals surface area (Å²) in [5, 5.41) is 3.24. The smallest absolute Gasteiger partial charge is 0.236 e. The van der Waals surface area contributed by atoms with Gasteiger partial charge in [-0.25, -0.2) is 0 Å². The van der Waals surface area contributed by atoms with Gasteiger partial charge in [0.05, 0.1) is 6.54 Å². The molecule has 0 saturated heterocycles. The third-order valence-electron chi connectivity index (χ3n) is 2.48. The van der Waals surface area contributed by atoms with Crippen LogP contribution in [-0.4, -0.2) is 37.5 Å². The van der Waals surface area contributed by atoms with Gasteiger partial charge < -0.3 is 10.2 Å². The summed E-state index contributed by atoms with van der Waals surface area (Å²) in [6, 6.07) is 0.483. The van der Waals surface area contributed by atoms with Gasteiger partial charge in [-0.2, -0.15) is 0 Å². The molecule has 1 N–H and O–H groups in total. The molecule has 3 nitrogen and oxygen atoms in total. The SMILES string of the molecule is CC(CC1CC1)NCC(=O)N(C)C. The Morgan fingerprint density at radius 2 is 2.15 bits per heavy atom. The van der Waals surface area contributed by atoms with E-state index in [0.717, 1.165) is 5.92 Å². The van der Waals surface area contributed by atoms with Crippen molar-refractivity contribution >= 4 is 5.91 Å². The summed E-state index contributed by atoms with van der Waals surface area (Å²) in [7, 11) is 3.57. The molecule has 0 aliphatic heterocycles. The molecule has 0 aromatic heterocycles. The number of hydrogen-bond donors (Lipinski definition) is 1. The van der Waals surface area contributed by atoms with Crippen LogP contribution < -0.4 is 5.32 Å². The quantitative estimate of drug-likeness (QED) is 0.687. The second-order valence-electron chi connectivity index (χ2n) is 4.25. The van der Waals surface area contributed by atoms with Gasteiger partial charge in [-0.05, 0) is 19.3 Å². The third-order valence-corrected chi connectivity index (χ3v) is 2.48. The maximum Gasteiger partial charge on any atom is 0.236 e. The molecule has 1 fully saturated rings. The minimum absolute atomic E-state index is 0.155. The fourth-order valence-electron chi connectivity index (χ4n) is 1.36. The Balaban J connectivity index is 2.06. The third kappa shape index (κ3) is 4.27. The van der Waals surface area contributed by atoms with Crippen molar-refractivity contribution in [2.45, 2.75) is 32.2 Å². The average Bonchev–Trinajstić information content (AvgIpc) is 2.83. The van der Waals surface area contributed by atoms with E-state index in [1.807, 2.05) is 0 Å². The van der Waals surface area contributed by atoms with E-state index in [-0.39, 0.29) is 5.91 Å². The lowest BCUT2D eigenvalue weighted by molar-refractivity contribution is -0.127. The minimum Gasteiger partial charge on any atom is -0.348 e. The molecule has 0 spiro atoms. The van der Waals surface area contributed by atoms with Crippen LogP contribution in [0.1, 0.15) is 26.2 Å². The van der Waals surface area contributed by atoms with Gasteiger partial charge in [-0.1, -0.05) is 12.8 Å². The predicted molar refractivity (Wildman–Crippen MR) is 53.5 cm³/mol. The van der Waals surface area contributed by atoms with Gasteiger partial charge in [-0.3, -0.25) is 4.79 Å². The van der Waals surface area contributed by atoms with Crippen LogP contribution in [0.3, 0.4) is 0 Å². The summed E-state index contributed by atoms with van der Waals surface area (Å²) in [6.07, 6.45) is 3.99. The Kier molecular flexibility index (Phi) is 3.72. The van der Waals surface area contributed by atoms with Crippen LogP contribution in [0.4, 0.5) is 0 Å². The largest absolute Gasteiger partial charge is 0.348 e. The van der Waals surface area contributed by atoms with E-state index in [1.54, 1.807) is 19.0 Å². The zero-order valence-electron chi connectivity index (χ0n) is 8.84. The molecule has 0 bridgehead atoms. The molecule has 1 unspecified atom stereocenters. The normalized spacial score (nSPS) is 18.4. The fourth-order valence-corrected chi connectivity index (χ4v) is 1.36. The molecule has 1 aliphatic rings. The molecule has 1 atom stereocenters. The van der Waals surface area contributed by atoms with Crippen LogP contribution in [0.15, 0.2) is 0 Å². The Morgan fingerprint density at radius 3 is 2.62 bits per heavy atom. The topological polar surface area (TPSA) is 32.3 Å². The molecule has 1 aliphatic carbocycles. The van der Waals surface area contributed by atoms with Crippen LogP contribution in [0.2, 0.25) is 0 Å². The molecule has 0 heterocycles. The number of amides is 1. The maximum atomic E-state index is 11.2. The van der Waals surface area contributed by atoms with Crippen molar-refractivity contribution in [1.82, 2.24) is 10.2 Å². The van der Waals surface area contributed by atoms with E-state index in [1.165, 1.54) is 19.3 Å². The Labute approximate surface area is 80.5 Å². The first-order valence-corrected chi connectivity index (χ1v) is 5.03. The maximum absolute atomic E-state index is 11.2. The minimum atomic E-state index is 0.155. The van der Waals surface area contributed by atoms with E-state index in [2.05, 4.69) is 12.2 Å². The van der Waals surface area contributed by atoms with Crippen molar-refractivity contribution < 1.29 is 4.79 Å². The highest BCUT2D eigenvalue weighted by atomic mass is 16.2. The fraction of sp³-hybridized carbons (Fsp3) is 0.900. The van der Waals surface area contributed by atoms with Gasteiger partial charge in [0.2, 0.25) is 5.91 Å². The summed E-state index contributed by atoms with van der Waals surface area (Å²) in [5.41, 5.74) is 0.